The van der Waals surface area contributed by atoms with E-state index >= 15 is 0 Å². The van der Waals surface area contributed by atoms with Crippen LogP contribution in [0, 0.1) is 23.7 Å². The van der Waals surface area contributed by atoms with Crippen molar-refractivity contribution in [2.75, 3.05) is 0 Å². The summed E-state index contributed by atoms with van der Waals surface area (Å²) in [5.74, 6) is -2.90. The zero-order chi connectivity index (χ0) is 31.9. The predicted octanol–water partition coefficient (Wildman–Crippen LogP) is 4.16. The molecule has 9 heteroatoms. The Kier molecular flexibility index (Phi) is 21.4. The fraction of sp³-hybridized carbons (Fsp3) is 1.00. The molecule has 0 fully saturated rings. The number of aliphatic hydroxyl groups is 8. The van der Waals surface area contributed by atoms with Gasteiger partial charge in [0.25, 0.3) is 0 Å². The van der Waals surface area contributed by atoms with Crippen LogP contribution in [0.4, 0.5) is 0 Å². The van der Waals surface area contributed by atoms with Crippen LogP contribution >= 0.6 is 0 Å². The fourth-order valence-electron chi connectivity index (χ4n) is 7.40. The Labute approximate surface area is 255 Å². The van der Waals surface area contributed by atoms with Crippen molar-refractivity contribution >= 4 is 0 Å². The van der Waals surface area contributed by atoms with Crippen LogP contribution in [-0.4, -0.2) is 82.9 Å². The molecule has 0 aromatic rings. The van der Waals surface area contributed by atoms with Gasteiger partial charge in [0.2, 0.25) is 0 Å². The van der Waals surface area contributed by atoms with Gasteiger partial charge in [-0.15, -0.1) is 0 Å². The summed E-state index contributed by atoms with van der Waals surface area (Å²) in [5, 5.41) is 94.9. The van der Waals surface area contributed by atoms with Crippen LogP contribution in [0.25, 0.3) is 0 Å². The fourth-order valence-corrected chi connectivity index (χ4v) is 18.2. The van der Waals surface area contributed by atoms with Crippen molar-refractivity contribution in [2.24, 2.45) is 23.7 Å². The molecule has 0 spiro atoms. The van der Waals surface area contributed by atoms with E-state index in [2.05, 4.69) is 0 Å². The van der Waals surface area contributed by atoms with E-state index in [-0.39, 0.29) is 0 Å². The SMILES string of the molecule is CCCC(O)C(CC)[CH](O)[Ti]([CH](O)C(CC)C(O)CCC)([CH](O)C(CC)C(O)CCC)[CH](O)C(CC)C(O)CCC. The Morgan fingerprint density at radius 3 is 0.634 bits per heavy atom. The van der Waals surface area contributed by atoms with Crippen LogP contribution in [0.15, 0.2) is 0 Å². The second kappa shape index (κ2) is 21.2. The molecule has 0 rings (SSSR count). The molecule has 0 amide bonds. The van der Waals surface area contributed by atoms with Crippen LogP contribution in [0.1, 0.15) is 132 Å². The van der Waals surface area contributed by atoms with Gasteiger partial charge >= 0.3 is 256 Å². The summed E-state index contributed by atoms with van der Waals surface area (Å²) >= 11 is -5.12. The van der Waals surface area contributed by atoms with Gasteiger partial charge in [-0.1, -0.05) is 0 Å². The molecule has 0 radical (unpaired) electrons. The quantitative estimate of drug-likeness (QED) is 0.0740. The van der Waals surface area contributed by atoms with Gasteiger partial charge in [-0.05, 0) is 0 Å². The van der Waals surface area contributed by atoms with E-state index in [0.717, 1.165) is 0 Å². The van der Waals surface area contributed by atoms with Crippen molar-refractivity contribution in [1.29, 1.82) is 0 Å². The molecular weight excluding hydrogens is 560 g/mol. The molecule has 0 saturated heterocycles. The summed E-state index contributed by atoms with van der Waals surface area (Å²) in [6, 6.07) is 0. The third kappa shape index (κ3) is 10.2. The minimum atomic E-state index is -5.12. The predicted molar refractivity (Wildman–Crippen MR) is 163 cm³/mol. The molecular formula is C32H68O8Ti. The molecule has 0 saturated carbocycles. The first-order valence-corrected chi connectivity index (χ1v) is 20.4. The molecule has 0 heterocycles. The average Bonchev–Trinajstić information content (AvgIpc) is 2.91. The Hall–Kier alpha value is 0.394. The topological polar surface area (TPSA) is 162 Å². The van der Waals surface area contributed by atoms with Gasteiger partial charge in [0, 0.05) is 0 Å². The first-order chi connectivity index (χ1) is 19.4. The number of hydrogen-bond donors (Lipinski definition) is 8. The van der Waals surface area contributed by atoms with Gasteiger partial charge in [-0.3, -0.25) is 0 Å². The van der Waals surface area contributed by atoms with Crippen LogP contribution in [0.3, 0.4) is 0 Å². The van der Waals surface area contributed by atoms with Crippen LogP contribution in [0.2, 0.25) is 0 Å². The van der Waals surface area contributed by atoms with Crippen LogP contribution < -0.4 is 0 Å². The molecule has 8 nitrogen and oxygen atoms in total. The summed E-state index contributed by atoms with van der Waals surface area (Å²) < 4.78 is -5.63. The van der Waals surface area contributed by atoms with Crippen molar-refractivity contribution in [3.05, 3.63) is 0 Å². The molecule has 12 atom stereocenters. The second-order valence-corrected chi connectivity index (χ2v) is 19.3. The summed E-state index contributed by atoms with van der Waals surface area (Å²) in [6.07, 6.45) is 2.11. The van der Waals surface area contributed by atoms with Crippen molar-refractivity contribution in [1.82, 2.24) is 0 Å². The zero-order valence-electron chi connectivity index (χ0n) is 27.5. The third-order valence-electron chi connectivity index (χ3n) is 9.87. The maximum atomic E-state index is 12.5. The van der Waals surface area contributed by atoms with E-state index < -0.39 is 82.3 Å². The number of rotatable bonds is 24. The van der Waals surface area contributed by atoms with Crippen LogP contribution in [-0.2, 0) is 16.6 Å². The summed E-state index contributed by atoms with van der Waals surface area (Å²) in [6.45, 7) is 15.1. The van der Waals surface area contributed by atoms with E-state index in [0.29, 0.717) is 77.0 Å². The molecule has 248 valence electrons. The molecule has 41 heavy (non-hydrogen) atoms. The molecule has 12 unspecified atom stereocenters. The zero-order valence-corrected chi connectivity index (χ0v) is 29.1. The molecule has 0 aliphatic carbocycles. The van der Waals surface area contributed by atoms with Crippen molar-refractivity contribution in [2.45, 2.75) is 174 Å². The van der Waals surface area contributed by atoms with Gasteiger partial charge in [0.15, 0.2) is 0 Å². The number of aliphatic hydroxyl groups excluding tert-OH is 8. The number of hydrogen-bond acceptors (Lipinski definition) is 8. The van der Waals surface area contributed by atoms with Crippen LogP contribution in [0.5, 0.6) is 0 Å². The summed E-state index contributed by atoms with van der Waals surface area (Å²) in [7, 11) is 0. The van der Waals surface area contributed by atoms with E-state index in [1.54, 1.807) is 0 Å². The summed E-state index contributed by atoms with van der Waals surface area (Å²) in [4.78, 5) is 0. The van der Waals surface area contributed by atoms with Gasteiger partial charge in [0.05, 0.1) is 0 Å². The van der Waals surface area contributed by atoms with E-state index in [9.17, 15) is 40.9 Å². The third-order valence-corrected chi connectivity index (χ3v) is 18.9. The molecule has 8 N–H and O–H groups in total. The van der Waals surface area contributed by atoms with Gasteiger partial charge in [-0.25, -0.2) is 0 Å². The van der Waals surface area contributed by atoms with Gasteiger partial charge in [0.1, 0.15) is 0 Å². The molecule has 0 aliphatic rings. The Morgan fingerprint density at radius 1 is 0.341 bits per heavy atom. The molecule has 0 aromatic heterocycles. The monoisotopic (exact) mass is 628 g/mol. The first kappa shape index (κ1) is 41.4. The van der Waals surface area contributed by atoms with E-state index in [4.69, 9.17) is 0 Å². The van der Waals surface area contributed by atoms with Crippen molar-refractivity contribution in [3.8, 4) is 0 Å². The minimum absolute atomic E-state index is 0.360. The van der Waals surface area contributed by atoms with Gasteiger partial charge < -0.3 is 0 Å². The normalized spacial score (nSPS) is 22.8. The Balaban J connectivity index is 7.76. The standard InChI is InChI=1S/4C8H17O2.Ti/c4*1-3-5-8(10)7(4-2)6-9;/h4*6-10H,3-5H2,1-2H3;. The van der Waals surface area contributed by atoms with Crippen molar-refractivity contribution in [3.63, 3.8) is 0 Å². The average molecular weight is 629 g/mol. The van der Waals surface area contributed by atoms with Gasteiger partial charge in [-0.2, -0.15) is 0 Å². The molecule has 0 aromatic carbocycles. The Morgan fingerprint density at radius 2 is 0.512 bits per heavy atom. The Bertz CT molecular complexity index is 546. The first-order valence-electron chi connectivity index (χ1n) is 16.8. The molecule has 0 bridgehead atoms. The maximum absolute atomic E-state index is 12.5. The van der Waals surface area contributed by atoms with E-state index in [1.807, 2.05) is 55.4 Å². The second-order valence-electron chi connectivity index (χ2n) is 12.5. The molecule has 0 aliphatic heterocycles. The van der Waals surface area contributed by atoms with E-state index in [1.165, 1.54) is 0 Å². The summed E-state index contributed by atoms with van der Waals surface area (Å²) in [5.41, 5.74) is 0. The van der Waals surface area contributed by atoms with Crippen molar-refractivity contribution < 1.29 is 57.4 Å².